The van der Waals surface area contributed by atoms with Crippen LogP contribution >= 0.6 is 22.6 Å². The molecule has 3 N–H and O–H groups in total. The van der Waals surface area contributed by atoms with Gasteiger partial charge in [-0.25, -0.2) is 8.78 Å². The first-order chi connectivity index (χ1) is 15.0. The Morgan fingerprint density at radius 1 is 1.38 bits per heavy atom. The Hall–Kier alpha value is -0.730. The van der Waals surface area contributed by atoms with Gasteiger partial charge in [0.2, 0.25) is 6.43 Å². The van der Waals surface area contributed by atoms with Crippen molar-refractivity contribution in [2.75, 3.05) is 6.54 Å². The standard InChI is InChI=1S/C26H39F2IN2O/c1-5-19-15-26(29,16-30-23-14-17(2)13-18(3)31-23)12-11-22(19)25(4,32)21-8-6-7-20(9-10-21)24(27)28/h10-11,13,15,17,20,23-24,30-32H,5-9,12,14,16H2,1-4H3/t17?,20?,23-,25?,26-/m1/s1. The zero-order chi connectivity index (χ0) is 23.5. The number of halogens is 3. The van der Waals surface area contributed by atoms with E-state index in [0.29, 0.717) is 31.6 Å². The number of hydrogen-bond acceptors (Lipinski definition) is 3. The summed E-state index contributed by atoms with van der Waals surface area (Å²) in [6.45, 7) is 9.18. The van der Waals surface area contributed by atoms with Gasteiger partial charge in [0.15, 0.2) is 0 Å². The molecular weight excluding hydrogens is 521 g/mol. The molecule has 0 saturated heterocycles. The molecule has 5 atom stereocenters. The van der Waals surface area contributed by atoms with Crippen LogP contribution in [0.1, 0.15) is 72.6 Å². The zero-order valence-corrected chi connectivity index (χ0v) is 22.0. The molecule has 1 aliphatic heterocycles. The lowest BCUT2D eigenvalue weighted by Crippen LogP contribution is -2.49. The number of aliphatic hydroxyl groups is 1. The van der Waals surface area contributed by atoms with Gasteiger partial charge in [0.1, 0.15) is 5.60 Å². The summed E-state index contributed by atoms with van der Waals surface area (Å²) in [4.78, 5) is 0. The highest BCUT2D eigenvalue weighted by Crippen LogP contribution is 2.43. The van der Waals surface area contributed by atoms with Crippen molar-refractivity contribution in [1.82, 2.24) is 10.6 Å². The first kappa shape index (κ1) is 25.9. The van der Waals surface area contributed by atoms with E-state index in [4.69, 9.17) is 0 Å². The second-order valence-electron chi connectivity index (χ2n) is 10.0. The summed E-state index contributed by atoms with van der Waals surface area (Å²) in [6, 6.07) is 0. The normalized spacial score (nSPS) is 33.3. The van der Waals surface area contributed by atoms with Gasteiger partial charge in [-0.15, -0.1) is 0 Å². The average Bonchev–Trinajstić information content (AvgIpc) is 2.98. The van der Waals surface area contributed by atoms with Crippen molar-refractivity contribution in [3.63, 3.8) is 0 Å². The lowest BCUT2D eigenvalue weighted by molar-refractivity contribution is 0.0738. The lowest BCUT2D eigenvalue weighted by Gasteiger charge is -2.38. The van der Waals surface area contributed by atoms with Gasteiger partial charge in [0, 0.05) is 18.2 Å². The van der Waals surface area contributed by atoms with Crippen LogP contribution in [0.3, 0.4) is 0 Å². The molecule has 3 unspecified atom stereocenters. The molecule has 0 bridgehead atoms. The molecule has 180 valence electrons. The first-order valence-corrected chi connectivity index (χ1v) is 13.1. The van der Waals surface area contributed by atoms with Gasteiger partial charge in [-0.05, 0) is 81.4 Å². The van der Waals surface area contributed by atoms with Gasteiger partial charge in [0.05, 0.1) is 9.59 Å². The third-order valence-corrected chi connectivity index (χ3v) is 8.32. The molecule has 0 aromatic carbocycles. The number of nitrogens with one attached hydrogen (secondary N) is 2. The maximum absolute atomic E-state index is 13.2. The summed E-state index contributed by atoms with van der Waals surface area (Å²) in [6.07, 6.45) is 11.6. The van der Waals surface area contributed by atoms with Crippen molar-refractivity contribution < 1.29 is 13.9 Å². The molecule has 0 aromatic rings. The van der Waals surface area contributed by atoms with Crippen molar-refractivity contribution >= 4 is 22.6 Å². The summed E-state index contributed by atoms with van der Waals surface area (Å²) < 4.78 is 26.4. The predicted octanol–water partition coefficient (Wildman–Crippen LogP) is 6.41. The maximum Gasteiger partial charge on any atom is 0.241 e. The van der Waals surface area contributed by atoms with E-state index in [9.17, 15) is 13.9 Å². The highest BCUT2D eigenvalue weighted by molar-refractivity contribution is 14.1. The summed E-state index contributed by atoms with van der Waals surface area (Å²) in [5.74, 6) is -0.0291. The summed E-state index contributed by atoms with van der Waals surface area (Å²) in [5, 5.41) is 18.8. The van der Waals surface area contributed by atoms with Crippen LogP contribution in [0.5, 0.6) is 0 Å². The Morgan fingerprint density at radius 3 is 2.78 bits per heavy atom. The highest BCUT2D eigenvalue weighted by Gasteiger charge is 2.38. The molecule has 3 aliphatic rings. The molecular formula is C26H39F2IN2O. The fourth-order valence-electron chi connectivity index (χ4n) is 5.37. The van der Waals surface area contributed by atoms with E-state index in [1.165, 1.54) is 5.70 Å². The van der Waals surface area contributed by atoms with Crippen LogP contribution in [0.2, 0.25) is 0 Å². The Labute approximate surface area is 206 Å². The smallest absolute Gasteiger partial charge is 0.241 e. The molecule has 0 fully saturated rings. The van der Waals surface area contributed by atoms with E-state index in [-0.39, 0.29) is 9.59 Å². The van der Waals surface area contributed by atoms with Crippen molar-refractivity contribution in [2.24, 2.45) is 11.8 Å². The summed E-state index contributed by atoms with van der Waals surface area (Å²) in [5.41, 5.74) is 3.13. The van der Waals surface area contributed by atoms with E-state index >= 15 is 0 Å². The number of hydrogen-bond donors (Lipinski definition) is 3. The molecule has 32 heavy (non-hydrogen) atoms. The van der Waals surface area contributed by atoms with E-state index in [2.05, 4.69) is 72.2 Å². The van der Waals surface area contributed by atoms with Crippen LogP contribution in [0.25, 0.3) is 0 Å². The minimum Gasteiger partial charge on any atom is -0.381 e. The van der Waals surface area contributed by atoms with E-state index in [1.54, 1.807) is 0 Å². The molecule has 3 rings (SSSR count). The van der Waals surface area contributed by atoms with Crippen LogP contribution in [0, 0.1) is 11.8 Å². The van der Waals surface area contributed by atoms with Gasteiger partial charge in [0.25, 0.3) is 0 Å². The zero-order valence-electron chi connectivity index (χ0n) is 19.9. The second-order valence-corrected chi connectivity index (χ2v) is 12.2. The Kier molecular flexibility index (Phi) is 8.64. The van der Waals surface area contributed by atoms with Crippen LogP contribution in [0.4, 0.5) is 8.78 Å². The quantitative estimate of drug-likeness (QED) is 0.192. The molecule has 3 nitrogen and oxygen atoms in total. The van der Waals surface area contributed by atoms with Gasteiger partial charge < -0.3 is 10.4 Å². The Balaban J connectivity index is 1.71. The average molecular weight is 561 g/mol. The monoisotopic (exact) mass is 560 g/mol. The molecule has 0 spiro atoms. The van der Waals surface area contributed by atoms with Crippen molar-refractivity contribution in [2.45, 2.75) is 94.3 Å². The fourth-order valence-corrected chi connectivity index (χ4v) is 6.18. The first-order valence-electron chi connectivity index (χ1n) is 12.0. The third kappa shape index (κ3) is 6.23. The van der Waals surface area contributed by atoms with Crippen molar-refractivity contribution in [3.8, 4) is 0 Å². The topological polar surface area (TPSA) is 44.3 Å². The van der Waals surface area contributed by atoms with E-state index in [1.807, 2.05) is 13.0 Å². The molecule has 0 radical (unpaired) electrons. The van der Waals surface area contributed by atoms with Crippen LogP contribution in [-0.4, -0.2) is 33.3 Å². The van der Waals surface area contributed by atoms with Crippen molar-refractivity contribution in [1.29, 1.82) is 0 Å². The molecule has 2 aliphatic carbocycles. The molecule has 0 saturated carbocycles. The second kappa shape index (κ2) is 10.7. The number of alkyl halides is 3. The fraction of sp³-hybridized carbons (Fsp3) is 0.692. The van der Waals surface area contributed by atoms with Gasteiger partial charge in [-0.3, -0.25) is 5.32 Å². The van der Waals surface area contributed by atoms with Crippen LogP contribution in [0.15, 0.2) is 46.7 Å². The lowest BCUT2D eigenvalue weighted by atomic mass is 9.76. The van der Waals surface area contributed by atoms with Crippen LogP contribution < -0.4 is 10.6 Å². The molecule has 0 aromatic heterocycles. The predicted molar refractivity (Wildman–Crippen MR) is 137 cm³/mol. The van der Waals surface area contributed by atoms with E-state index < -0.39 is 17.9 Å². The number of allylic oxidation sites excluding steroid dienone is 4. The SMILES string of the molecule is CCC1=C[C@@](I)(CN[C@H]2CC(C)C=C(C)N2)CC=C1C(C)(O)C1=CCC(C(F)F)CCC1. The van der Waals surface area contributed by atoms with Crippen molar-refractivity contribution in [3.05, 3.63) is 46.7 Å². The van der Waals surface area contributed by atoms with E-state index in [0.717, 1.165) is 42.5 Å². The largest absolute Gasteiger partial charge is 0.381 e. The van der Waals surface area contributed by atoms with Crippen LogP contribution in [-0.2, 0) is 0 Å². The summed E-state index contributed by atoms with van der Waals surface area (Å²) in [7, 11) is 0. The Morgan fingerprint density at radius 2 is 2.12 bits per heavy atom. The summed E-state index contributed by atoms with van der Waals surface area (Å²) >= 11 is 2.54. The van der Waals surface area contributed by atoms with Gasteiger partial charge in [-0.1, -0.05) is 60.7 Å². The molecule has 1 heterocycles. The molecule has 0 amide bonds. The minimum atomic E-state index is -2.29. The number of rotatable bonds is 7. The minimum absolute atomic E-state index is 0.0543. The van der Waals surface area contributed by atoms with Gasteiger partial charge in [-0.2, -0.15) is 0 Å². The Bertz CT molecular complexity index is 802. The highest BCUT2D eigenvalue weighted by atomic mass is 127. The molecule has 6 heteroatoms. The van der Waals surface area contributed by atoms with Gasteiger partial charge >= 0.3 is 0 Å². The third-order valence-electron chi connectivity index (χ3n) is 7.19. The maximum atomic E-state index is 13.2.